The third-order valence-electron chi connectivity index (χ3n) is 3.13. The van der Waals surface area contributed by atoms with Crippen molar-refractivity contribution in [2.45, 2.75) is 6.54 Å². The largest absolute Gasteiger partial charge is 0.480 e. The molecule has 1 aromatic carbocycles. The van der Waals surface area contributed by atoms with Crippen LogP contribution >= 0.6 is 0 Å². The van der Waals surface area contributed by atoms with Crippen LogP contribution in [0.15, 0.2) is 33.9 Å². The minimum absolute atomic E-state index is 0.0305. The zero-order chi connectivity index (χ0) is 15.1. The van der Waals surface area contributed by atoms with E-state index in [1.54, 1.807) is 24.3 Å². The van der Waals surface area contributed by atoms with Gasteiger partial charge in [0, 0.05) is 7.05 Å². The van der Waals surface area contributed by atoms with Crippen molar-refractivity contribution in [3.05, 3.63) is 45.1 Å². The Hall–Kier alpha value is -3.03. The molecular weight excluding hydrogens is 276 g/mol. The number of rotatable bonds is 2. The van der Waals surface area contributed by atoms with E-state index >= 15 is 0 Å². The van der Waals surface area contributed by atoms with Gasteiger partial charge in [-0.2, -0.15) is 0 Å². The highest BCUT2D eigenvalue weighted by molar-refractivity contribution is 5.83. The van der Waals surface area contributed by atoms with Crippen molar-refractivity contribution in [1.29, 1.82) is 0 Å². The molecule has 0 amide bonds. The quantitative estimate of drug-likeness (QED) is 0.650. The summed E-state index contributed by atoms with van der Waals surface area (Å²) in [6, 6.07) is 6.93. The lowest BCUT2D eigenvalue weighted by Gasteiger charge is -2.08. The number of aromatic nitrogens is 4. The molecule has 0 aliphatic heterocycles. The van der Waals surface area contributed by atoms with Crippen LogP contribution in [0, 0.1) is 0 Å². The number of para-hydroxylation sites is 2. The summed E-state index contributed by atoms with van der Waals surface area (Å²) >= 11 is 0. The number of carboxylic acid groups (broad SMARTS) is 1. The van der Waals surface area contributed by atoms with Gasteiger partial charge in [-0.1, -0.05) is 12.1 Å². The van der Waals surface area contributed by atoms with Crippen molar-refractivity contribution in [2.24, 2.45) is 7.05 Å². The van der Waals surface area contributed by atoms with Crippen molar-refractivity contribution in [3.8, 4) is 0 Å². The Labute approximate surface area is 116 Å². The van der Waals surface area contributed by atoms with Crippen LogP contribution in [-0.2, 0) is 18.4 Å². The van der Waals surface area contributed by atoms with E-state index in [1.165, 1.54) is 7.05 Å². The molecule has 8 nitrogen and oxygen atoms in total. The molecule has 0 atom stereocenters. The molecule has 0 aliphatic carbocycles. The second-order valence-electron chi connectivity index (χ2n) is 4.51. The minimum atomic E-state index is -1.28. The number of hydrogen-bond donors (Lipinski definition) is 1. The Balaban J connectivity index is 2.50. The van der Waals surface area contributed by atoms with E-state index < -0.39 is 23.8 Å². The molecule has 0 aliphatic rings. The van der Waals surface area contributed by atoms with Crippen LogP contribution < -0.4 is 11.2 Å². The van der Waals surface area contributed by atoms with Gasteiger partial charge in [-0.3, -0.25) is 14.2 Å². The van der Waals surface area contributed by atoms with Crippen molar-refractivity contribution in [3.63, 3.8) is 0 Å². The first-order valence-electron chi connectivity index (χ1n) is 6.07. The van der Waals surface area contributed by atoms with Gasteiger partial charge >= 0.3 is 11.7 Å². The highest BCUT2D eigenvalue weighted by Crippen LogP contribution is 2.11. The number of carboxylic acids is 1. The summed E-state index contributed by atoms with van der Waals surface area (Å²) in [6.45, 7) is -0.712. The number of nitrogens with zero attached hydrogens (tertiary/aromatic N) is 4. The molecule has 0 fully saturated rings. The fraction of sp³-hybridized carbons (Fsp3) is 0.154. The first-order valence-corrected chi connectivity index (χ1v) is 6.07. The second kappa shape index (κ2) is 4.51. The first kappa shape index (κ1) is 13.0. The van der Waals surface area contributed by atoms with Crippen LogP contribution in [0.1, 0.15) is 0 Å². The average Bonchev–Trinajstić information content (AvgIpc) is 2.47. The third kappa shape index (κ3) is 1.97. The molecule has 2 heterocycles. The molecule has 0 saturated heterocycles. The van der Waals surface area contributed by atoms with E-state index in [-0.39, 0.29) is 11.2 Å². The average molecular weight is 286 g/mol. The summed E-state index contributed by atoms with van der Waals surface area (Å²) in [5.74, 6) is -1.28. The van der Waals surface area contributed by atoms with Crippen molar-refractivity contribution in [1.82, 2.24) is 19.1 Å². The zero-order valence-corrected chi connectivity index (χ0v) is 11.0. The van der Waals surface area contributed by atoms with E-state index in [0.29, 0.717) is 15.6 Å². The summed E-state index contributed by atoms with van der Waals surface area (Å²) < 4.78 is 1.76. The lowest BCUT2D eigenvalue weighted by atomic mass is 10.3. The Kier molecular flexibility index (Phi) is 2.79. The number of benzene rings is 1. The third-order valence-corrected chi connectivity index (χ3v) is 3.13. The van der Waals surface area contributed by atoms with E-state index in [4.69, 9.17) is 5.11 Å². The molecule has 0 unspecified atom stereocenters. The molecule has 0 bridgehead atoms. The molecule has 8 heteroatoms. The highest BCUT2D eigenvalue weighted by atomic mass is 16.4. The Morgan fingerprint density at radius 1 is 1.19 bits per heavy atom. The van der Waals surface area contributed by atoms with E-state index in [0.717, 1.165) is 4.57 Å². The SMILES string of the molecule is Cn1c(=O)n(CC(=O)O)c(=O)c2nc3ccccc3nc21. The Morgan fingerprint density at radius 3 is 2.43 bits per heavy atom. The van der Waals surface area contributed by atoms with Gasteiger partial charge in [0.2, 0.25) is 0 Å². The standard InChI is InChI=1S/C13H10N4O4/c1-16-11-10(12(20)17(13(16)21)6-9(18)19)14-7-4-2-3-5-8(7)15-11/h2-5H,6H2,1H3,(H,18,19). The summed E-state index contributed by atoms with van der Waals surface area (Å²) in [6.07, 6.45) is 0. The molecule has 1 N–H and O–H groups in total. The number of hydrogen-bond acceptors (Lipinski definition) is 5. The predicted octanol–water partition coefficient (Wildman–Crippen LogP) is -0.272. The van der Waals surface area contributed by atoms with Crippen LogP contribution in [0.5, 0.6) is 0 Å². The van der Waals surface area contributed by atoms with Gasteiger partial charge in [0.25, 0.3) is 5.56 Å². The van der Waals surface area contributed by atoms with Gasteiger partial charge in [0.1, 0.15) is 6.54 Å². The highest BCUT2D eigenvalue weighted by Gasteiger charge is 2.16. The van der Waals surface area contributed by atoms with Crippen molar-refractivity contribution < 1.29 is 9.90 Å². The fourth-order valence-corrected chi connectivity index (χ4v) is 2.13. The monoisotopic (exact) mass is 286 g/mol. The van der Waals surface area contributed by atoms with Crippen molar-refractivity contribution in [2.75, 3.05) is 0 Å². The molecule has 0 radical (unpaired) electrons. The zero-order valence-electron chi connectivity index (χ0n) is 11.0. The predicted molar refractivity (Wildman–Crippen MR) is 74.2 cm³/mol. The van der Waals surface area contributed by atoms with Crippen LogP contribution in [0.2, 0.25) is 0 Å². The number of aryl methyl sites for hydroxylation is 1. The molecule has 0 saturated carbocycles. The van der Waals surface area contributed by atoms with Crippen molar-refractivity contribution >= 4 is 28.2 Å². The Morgan fingerprint density at radius 2 is 1.81 bits per heavy atom. The summed E-state index contributed by atoms with van der Waals surface area (Å²) in [5, 5.41) is 8.81. The van der Waals surface area contributed by atoms with E-state index in [1.807, 2.05) is 0 Å². The minimum Gasteiger partial charge on any atom is -0.480 e. The molecule has 106 valence electrons. The number of aliphatic carboxylic acids is 1. The normalized spacial score (nSPS) is 11.1. The fourth-order valence-electron chi connectivity index (χ4n) is 2.13. The van der Waals surface area contributed by atoms with Crippen LogP contribution in [-0.4, -0.2) is 30.2 Å². The lowest BCUT2D eigenvalue weighted by molar-refractivity contribution is -0.137. The molecule has 2 aromatic heterocycles. The number of carbonyl (C=O) groups is 1. The molecule has 3 rings (SSSR count). The molecule has 21 heavy (non-hydrogen) atoms. The van der Waals surface area contributed by atoms with Gasteiger partial charge in [-0.25, -0.2) is 19.3 Å². The molecular formula is C13H10N4O4. The van der Waals surface area contributed by atoms with Crippen LogP contribution in [0.25, 0.3) is 22.2 Å². The van der Waals surface area contributed by atoms with Crippen LogP contribution in [0.3, 0.4) is 0 Å². The topological polar surface area (TPSA) is 107 Å². The summed E-state index contributed by atoms with van der Waals surface area (Å²) in [7, 11) is 1.42. The van der Waals surface area contributed by atoms with Gasteiger partial charge in [0.15, 0.2) is 11.2 Å². The van der Waals surface area contributed by atoms with Gasteiger partial charge in [0.05, 0.1) is 11.0 Å². The summed E-state index contributed by atoms with van der Waals surface area (Å²) in [4.78, 5) is 43.6. The molecule has 0 spiro atoms. The van der Waals surface area contributed by atoms with Gasteiger partial charge in [-0.05, 0) is 12.1 Å². The van der Waals surface area contributed by atoms with E-state index in [9.17, 15) is 14.4 Å². The maximum Gasteiger partial charge on any atom is 0.333 e. The van der Waals surface area contributed by atoms with Gasteiger partial charge < -0.3 is 5.11 Å². The summed E-state index contributed by atoms with van der Waals surface area (Å²) in [5.41, 5.74) is -0.339. The lowest BCUT2D eigenvalue weighted by Crippen LogP contribution is -2.41. The van der Waals surface area contributed by atoms with Crippen LogP contribution in [0.4, 0.5) is 0 Å². The Bertz CT molecular complexity index is 1000. The maximum absolute atomic E-state index is 12.3. The molecule has 3 aromatic rings. The van der Waals surface area contributed by atoms with Gasteiger partial charge in [-0.15, -0.1) is 0 Å². The number of fused-ring (bicyclic) bond motifs is 2. The second-order valence-corrected chi connectivity index (χ2v) is 4.51. The first-order chi connectivity index (χ1) is 9.99. The smallest absolute Gasteiger partial charge is 0.333 e. The van der Waals surface area contributed by atoms with E-state index in [2.05, 4.69) is 9.97 Å². The maximum atomic E-state index is 12.3.